The van der Waals surface area contributed by atoms with Crippen LogP contribution in [0.1, 0.15) is 18.2 Å². The number of benzene rings is 1. The molecule has 1 unspecified atom stereocenters. The third-order valence-corrected chi connectivity index (χ3v) is 5.20. The van der Waals surface area contributed by atoms with Gasteiger partial charge in [-0.25, -0.2) is 0 Å². The molecule has 0 radical (unpaired) electrons. The van der Waals surface area contributed by atoms with Crippen LogP contribution in [-0.4, -0.2) is 36.8 Å². The third kappa shape index (κ3) is 2.92. The highest BCUT2D eigenvalue weighted by atomic mass is 32.1. The second-order valence-electron chi connectivity index (χ2n) is 5.88. The summed E-state index contributed by atoms with van der Waals surface area (Å²) in [4.78, 5) is 19.6. The van der Waals surface area contributed by atoms with Gasteiger partial charge in [-0.3, -0.25) is 4.79 Å². The molecule has 134 valence electrons. The van der Waals surface area contributed by atoms with Crippen molar-refractivity contribution in [3.63, 3.8) is 0 Å². The van der Waals surface area contributed by atoms with E-state index in [9.17, 15) is 4.79 Å². The molecule has 4 rings (SSSR count). The molecule has 3 heterocycles. The molecule has 7 nitrogen and oxygen atoms in total. The van der Waals surface area contributed by atoms with Crippen molar-refractivity contribution in [2.75, 3.05) is 25.7 Å². The van der Waals surface area contributed by atoms with Crippen LogP contribution in [0.3, 0.4) is 0 Å². The van der Waals surface area contributed by atoms with Crippen LogP contribution in [0.5, 0.6) is 11.5 Å². The van der Waals surface area contributed by atoms with E-state index in [0.717, 1.165) is 10.6 Å². The standard InChI is InChI=1S/C18H17N3O4S/c1-23-13-6-5-12(9-14(13)24-2)21-10-11(8-16(21)22)18-19-17(20-25-18)15-4-3-7-26-15/h3-7,9,11H,8,10H2,1-2H3. The summed E-state index contributed by atoms with van der Waals surface area (Å²) in [6.07, 6.45) is 0.334. The molecule has 0 saturated carbocycles. The number of amides is 1. The van der Waals surface area contributed by atoms with Crippen LogP contribution >= 0.6 is 11.3 Å². The summed E-state index contributed by atoms with van der Waals surface area (Å²) in [5.41, 5.74) is 0.758. The van der Waals surface area contributed by atoms with Crippen LogP contribution in [0.25, 0.3) is 10.7 Å². The predicted molar refractivity (Wildman–Crippen MR) is 96.9 cm³/mol. The molecular weight excluding hydrogens is 354 g/mol. The largest absolute Gasteiger partial charge is 0.493 e. The monoisotopic (exact) mass is 371 g/mol. The number of rotatable bonds is 5. The number of hydrogen-bond donors (Lipinski definition) is 0. The molecule has 1 saturated heterocycles. The molecule has 8 heteroatoms. The van der Waals surface area contributed by atoms with Gasteiger partial charge in [0.2, 0.25) is 17.6 Å². The van der Waals surface area contributed by atoms with Crippen LogP contribution in [-0.2, 0) is 4.79 Å². The van der Waals surface area contributed by atoms with Crippen molar-refractivity contribution < 1.29 is 18.8 Å². The number of aromatic nitrogens is 2. The molecule has 1 aliphatic heterocycles. The van der Waals surface area contributed by atoms with Crippen LogP contribution in [0, 0.1) is 0 Å². The van der Waals surface area contributed by atoms with Gasteiger partial charge >= 0.3 is 0 Å². The summed E-state index contributed by atoms with van der Waals surface area (Å²) in [6.45, 7) is 0.486. The minimum atomic E-state index is -0.128. The summed E-state index contributed by atoms with van der Waals surface area (Å²) < 4.78 is 16.0. The van der Waals surface area contributed by atoms with E-state index in [0.29, 0.717) is 36.2 Å². The molecule has 1 aromatic carbocycles. The predicted octanol–water partition coefficient (Wildman–Crippen LogP) is 3.34. The topological polar surface area (TPSA) is 77.7 Å². The third-order valence-electron chi connectivity index (χ3n) is 4.34. The lowest BCUT2D eigenvalue weighted by atomic mass is 10.1. The van der Waals surface area contributed by atoms with Crippen molar-refractivity contribution in [3.05, 3.63) is 41.6 Å². The van der Waals surface area contributed by atoms with Crippen molar-refractivity contribution in [2.24, 2.45) is 0 Å². The summed E-state index contributed by atoms with van der Waals surface area (Å²) in [5.74, 6) is 2.14. The first kappa shape index (κ1) is 16.6. The van der Waals surface area contributed by atoms with E-state index < -0.39 is 0 Å². The van der Waals surface area contributed by atoms with E-state index in [-0.39, 0.29) is 11.8 Å². The number of hydrogen-bond acceptors (Lipinski definition) is 7. The normalized spacial score (nSPS) is 16.9. The van der Waals surface area contributed by atoms with Crippen molar-refractivity contribution >= 4 is 22.9 Å². The zero-order valence-electron chi connectivity index (χ0n) is 14.3. The van der Waals surface area contributed by atoms with Gasteiger partial charge in [0, 0.05) is 24.7 Å². The number of carbonyl (C=O) groups excluding carboxylic acids is 1. The Morgan fingerprint density at radius 3 is 2.81 bits per heavy atom. The highest BCUT2D eigenvalue weighted by Crippen LogP contribution is 2.36. The molecule has 3 aromatic rings. The van der Waals surface area contributed by atoms with Gasteiger partial charge in [0.15, 0.2) is 11.5 Å². The molecule has 0 N–H and O–H groups in total. The second kappa shape index (κ2) is 6.80. The molecular formula is C18H17N3O4S. The van der Waals surface area contributed by atoms with Crippen molar-refractivity contribution in [2.45, 2.75) is 12.3 Å². The van der Waals surface area contributed by atoms with Crippen molar-refractivity contribution in [1.29, 1.82) is 0 Å². The summed E-state index contributed by atoms with van der Waals surface area (Å²) in [5, 5.41) is 6.00. The average Bonchev–Trinajstić information content (AvgIpc) is 3.40. The number of nitrogens with zero attached hydrogens (tertiary/aromatic N) is 3. The van der Waals surface area contributed by atoms with Gasteiger partial charge in [-0.05, 0) is 23.6 Å². The van der Waals surface area contributed by atoms with Gasteiger partial charge in [0.1, 0.15) is 0 Å². The lowest BCUT2D eigenvalue weighted by molar-refractivity contribution is -0.117. The van der Waals surface area contributed by atoms with E-state index in [2.05, 4.69) is 10.1 Å². The SMILES string of the molecule is COc1ccc(N2CC(c3nc(-c4cccs4)no3)CC2=O)cc1OC. The van der Waals surface area contributed by atoms with Crippen LogP contribution < -0.4 is 14.4 Å². The fraction of sp³-hybridized carbons (Fsp3) is 0.278. The molecule has 26 heavy (non-hydrogen) atoms. The Hall–Kier alpha value is -2.87. The number of carbonyl (C=O) groups is 1. The number of thiophene rings is 1. The maximum Gasteiger partial charge on any atom is 0.232 e. The van der Waals surface area contributed by atoms with Crippen LogP contribution in [0.15, 0.2) is 40.2 Å². The summed E-state index contributed by atoms with van der Waals surface area (Å²) >= 11 is 1.55. The molecule has 0 aliphatic carbocycles. The van der Waals surface area contributed by atoms with Gasteiger partial charge in [-0.1, -0.05) is 11.2 Å². The zero-order chi connectivity index (χ0) is 18.1. The molecule has 1 atom stereocenters. The molecule has 1 amide bonds. The quantitative estimate of drug-likeness (QED) is 0.685. The first-order valence-corrected chi connectivity index (χ1v) is 8.97. The summed E-state index contributed by atoms with van der Waals surface area (Å²) in [7, 11) is 3.15. The molecule has 0 bridgehead atoms. The molecule has 0 spiro atoms. The van der Waals surface area contributed by atoms with Crippen molar-refractivity contribution in [1.82, 2.24) is 10.1 Å². The second-order valence-corrected chi connectivity index (χ2v) is 6.83. The fourth-order valence-electron chi connectivity index (χ4n) is 3.02. The lowest BCUT2D eigenvalue weighted by Gasteiger charge is -2.18. The molecule has 1 aliphatic rings. The zero-order valence-corrected chi connectivity index (χ0v) is 15.2. The Bertz CT molecular complexity index is 922. The van der Waals surface area contributed by atoms with Gasteiger partial charge in [-0.15, -0.1) is 11.3 Å². The molecule has 1 fully saturated rings. The fourth-order valence-corrected chi connectivity index (χ4v) is 3.67. The number of anilines is 1. The lowest BCUT2D eigenvalue weighted by Crippen LogP contribution is -2.24. The first-order valence-electron chi connectivity index (χ1n) is 8.09. The van der Waals surface area contributed by atoms with Gasteiger partial charge < -0.3 is 18.9 Å². The Kier molecular flexibility index (Phi) is 4.34. The van der Waals surface area contributed by atoms with Crippen LogP contribution in [0.4, 0.5) is 5.69 Å². The van der Waals surface area contributed by atoms with E-state index in [1.54, 1.807) is 42.6 Å². The van der Waals surface area contributed by atoms with Gasteiger partial charge in [-0.2, -0.15) is 4.98 Å². The van der Waals surface area contributed by atoms with E-state index >= 15 is 0 Å². The van der Waals surface area contributed by atoms with Gasteiger partial charge in [0.05, 0.1) is 25.0 Å². The number of methoxy groups -OCH3 is 2. The van der Waals surface area contributed by atoms with E-state index in [1.807, 2.05) is 23.6 Å². The smallest absolute Gasteiger partial charge is 0.232 e. The maximum atomic E-state index is 12.5. The Balaban J connectivity index is 1.56. The minimum Gasteiger partial charge on any atom is -0.493 e. The highest BCUT2D eigenvalue weighted by Gasteiger charge is 2.35. The van der Waals surface area contributed by atoms with E-state index in [1.165, 1.54) is 0 Å². The van der Waals surface area contributed by atoms with Crippen molar-refractivity contribution in [3.8, 4) is 22.2 Å². The van der Waals surface area contributed by atoms with Crippen LogP contribution in [0.2, 0.25) is 0 Å². The van der Waals surface area contributed by atoms with Gasteiger partial charge in [0.25, 0.3) is 0 Å². The average molecular weight is 371 g/mol. The summed E-state index contributed by atoms with van der Waals surface area (Å²) in [6, 6.07) is 9.30. The Morgan fingerprint density at radius 1 is 1.23 bits per heavy atom. The Labute approximate surface area is 154 Å². The molecule has 2 aromatic heterocycles. The number of ether oxygens (including phenoxy) is 2. The van der Waals surface area contributed by atoms with E-state index in [4.69, 9.17) is 14.0 Å². The minimum absolute atomic E-state index is 0.0121. The first-order chi connectivity index (χ1) is 12.7. The Morgan fingerprint density at radius 2 is 2.08 bits per heavy atom. The maximum absolute atomic E-state index is 12.5. The highest BCUT2D eigenvalue weighted by molar-refractivity contribution is 7.13.